The molecule has 0 fully saturated rings. The molecule has 0 saturated carbocycles. The van der Waals surface area contributed by atoms with Crippen LogP contribution in [0, 0.1) is 24.4 Å². The van der Waals surface area contributed by atoms with E-state index >= 15 is 0 Å². The summed E-state index contributed by atoms with van der Waals surface area (Å²) in [6.45, 7) is 1.60. The van der Waals surface area contributed by atoms with Crippen molar-refractivity contribution in [2.45, 2.75) is 20.1 Å². The number of nitrogens with zero attached hydrogens (tertiary/aromatic N) is 1. The van der Waals surface area contributed by atoms with Crippen molar-refractivity contribution in [3.8, 4) is 11.4 Å². The molecule has 0 atom stereocenters. The highest BCUT2D eigenvalue weighted by atomic mass is 79.9. The van der Waals surface area contributed by atoms with Gasteiger partial charge in [-0.1, -0.05) is 6.07 Å². The number of pyridine rings is 1. The predicted octanol–water partition coefficient (Wildman–Crippen LogP) is 4.79. The monoisotopic (exact) mass is 488 g/mol. The van der Waals surface area contributed by atoms with E-state index < -0.39 is 23.0 Å². The van der Waals surface area contributed by atoms with E-state index in [1.807, 2.05) is 0 Å². The molecule has 3 aromatic rings. The van der Waals surface area contributed by atoms with Gasteiger partial charge in [0.15, 0.2) is 0 Å². The first kappa shape index (κ1) is 23.0. The van der Waals surface area contributed by atoms with Crippen molar-refractivity contribution in [1.82, 2.24) is 4.57 Å². The van der Waals surface area contributed by atoms with Gasteiger partial charge in [-0.15, -0.1) is 12.4 Å². The molecule has 0 spiro atoms. The molecule has 4 nitrogen and oxygen atoms in total. The van der Waals surface area contributed by atoms with Crippen LogP contribution in [0.2, 0.25) is 0 Å². The van der Waals surface area contributed by atoms with Crippen LogP contribution in [0.25, 0.3) is 5.69 Å². The summed E-state index contributed by atoms with van der Waals surface area (Å²) in [6, 6.07) is 9.06. The zero-order valence-corrected chi connectivity index (χ0v) is 17.6. The third-order valence-corrected chi connectivity index (χ3v) is 4.92. The number of aryl methyl sites for hydroxylation is 1. The second-order valence-corrected chi connectivity index (χ2v) is 6.91. The second kappa shape index (κ2) is 9.47. The Labute approximate surface area is 179 Å². The highest BCUT2D eigenvalue weighted by molar-refractivity contribution is 9.10. The van der Waals surface area contributed by atoms with Gasteiger partial charge in [-0.3, -0.25) is 9.36 Å². The Bertz CT molecular complexity index is 1110. The number of nitrogens with two attached hydrogens (primary N) is 1. The van der Waals surface area contributed by atoms with E-state index in [0.717, 1.165) is 12.1 Å². The summed E-state index contributed by atoms with van der Waals surface area (Å²) in [6.07, 6.45) is 0. The van der Waals surface area contributed by atoms with Crippen molar-refractivity contribution in [3.63, 3.8) is 0 Å². The van der Waals surface area contributed by atoms with E-state index in [9.17, 15) is 18.0 Å². The minimum atomic E-state index is -0.747. The van der Waals surface area contributed by atoms with Gasteiger partial charge >= 0.3 is 0 Å². The highest BCUT2D eigenvalue weighted by Crippen LogP contribution is 2.26. The van der Waals surface area contributed by atoms with Gasteiger partial charge in [-0.25, -0.2) is 13.2 Å². The van der Waals surface area contributed by atoms with Crippen LogP contribution in [0.4, 0.5) is 13.2 Å². The standard InChI is InChI=1S/C20H16BrF3N2O2.ClH/c1-11-6-18(28-10-13-3-4-14(22)8-15(13)23)19(21)20(27)26(11)17-5-2-12(9-25)7-16(17)24;/h2-8H,9-10,25H2,1H3;1H. The summed E-state index contributed by atoms with van der Waals surface area (Å²) in [7, 11) is 0. The van der Waals surface area contributed by atoms with Crippen LogP contribution in [0.1, 0.15) is 16.8 Å². The van der Waals surface area contributed by atoms with Crippen LogP contribution in [0.3, 0.4) is 0 Å². The average Bonchev–Trinajstić information content (AvgIpc) is 2.66. The minimum absolute atomic E-state index is 0. The van der Waals surface area contributed by atoms with Crippen molar-refractivity contribution in [1.29, 1.82) is 0 Å². The van der Waals surface area contributed by atoms with Gasteiger partial charge in [-0.2, -0.15) is 0 Å². The predicted molar refractivity (Wildman–Crippen MR) is 110 cm³/mol. The number of benzene rings is 2. The summed E-state index contributed by atoms with van der Waals surface area (Å²) in [5.74, 6) is -1.85. The number of hydrogen-bond donors (Lipinski definition) is 1. The molecule has 3 rings (SSSR count). The average molecular weight is 490 g/mol. The molecule has 1 aromatic heterocycles. The molecule has 0 saturated heterocycles. The molecule has 0 aliphatic rings. The summed E-state index contributed by atoms with van der Waals surface area (Å²) in [5.41, 5.74) is 6.21. The molecule has 0 amide bonds. The van der Waals surface area contributed by atoms with Gasteiger partial charge in [-0.05, 0) is 52.7 Å². The van der Waals surface area contributed by atoms with Gasteiger partial charge in [0, 0.05) is 29.9 Å². The van der Waals surface area contributed by atoms with Crippen LogP contribution in [-0.4, -0.2) is 4.57 Å². The van der Waals surface area contributed by atoms with Gasteiger partial charge in [0.1, 0.15) is 34.3 Å². The highest BCUT2D eigenvalue weighted by Gasteiger charge is 2.17. The lowest BCUT2D eigenvalue weighted by atomic mass is 10.2. The lowest BCUT2D eigenvalue weighted by Crippen LogP contribution is -2.23. The van der Waals surface area contributed by atoms with Crippen molar-refractivity contribution in [3.05, 3.63) is 91.6 Å². The number of hydrogen-bond acceptors (Lipinski definition) is 3. The van der Waals surface area contributed by atoms with E-state index in [4.69, 9.17) is 10.5 Å². The SMILES string of the molecule is Cc1cc(OCc2ccc(F)cc2F)c(Br)c(=O)n1-c1ccc(CN)cc1F.Cl. The Hall–Kier alpha value is -2.29. The molecule has 0 bridgehead atoms. The maximum atomic E-state index is 14.4. The molecule has 0 aliphatic heterocycles. The van der Waals surface area contributed by atoms with Gasteiger partial charge < -0.3 is 10.5 Å². The van der Waals surface area contributed by atoms with Gasteiger partial charge in [0.25, 0.3) is 5.56 Å². The molecule has 0 unspecified atom stereocenters. The summed E-state index contributed by atoms with van der Waals surface area (Å²) in [5, 5.41) is 0. The quantitative estimate of drug-likeness (QED) is 0.561. The first-order valence-electron chi connectivity index (χ1n) is 8.29. The zero-order chi connectivity index (χ0) is 20.4. The molecule has 29 heavy (non-hydrogen) atoms. The Kier molecular flexibility index (Phi) is 7.51. The van der Waals surface area contributed by atoms with Crippen molar-refractivity contribution < 1.29 is 17.9 Å². The van der Waals surface area contributed by atoms with E-state index in [1.54, 1.807) is 13.0 Å². The van der Waals surface area contributed by atoms with Crippen molar-refractivity contribution in [2.75, 3.05) is 0 Å². The maximum absolute atomic E-state index is 14.4. The fraction of sp³-hybridized carbons (Fsp3) is 0.150. The molecule has 2 N–H and O–H groups in total. The van der Waals surface area contributed by atoms with Crippen LogP contribution in [0.5, 0.6) is 5.75 Å². The van der Waals surface area contributed by atoms with E-state index in [0.29, 0.717) is 11.3 Å². The number of aromatic nitrogens is 1. The van der Waals surface area contributed by atoms with E-state index in [2.05, 4.69) is 15.9 Å². The normalized spacial score (nSPS) is 10.6. The van der Waals surface area contributed by atoms with Crippen LogP contribution in [0.15, 0.2) is 51.7 Å². The van der Waals surface area contributed by atoms with E-state index in [1.165, 1.54) is 28.8 Å². The van der Waals surface area contributed by atoms with Crippen molar-refractivity contribution >= 4 is 28.3 Å². The number of halogens is 5. The molecule has 154 valence electrons. The van der Waals surface area contributed by atoms with Crippen LogP contribution in [-0.2, 0) is 13.2 Å². The lowest BCUT2D eigenvalue weighted by Gasteiger charge is -2.15. The molecule has 0 aliphatic carbocycles. The fourth-order valence-corrected chi connectivity index (χ4v) is 3.14. The molecule has 1 heterocycles. The van der Waals surface area contributed by atoms with E-state index in [-0.39, 0.29) is 47.0 Å². The minimum Gasteiger partial charge on any atom is -0.487 e. The largest absolute Gasteiger partial charge is 0.487 e. The molecule has 0 radical (unpaired) electrons. The first-order valence-corrected chi connectivity index (χ1v) is 9.09. The fourth-order valence-electron chi connectivity index (χ4n) is 2.74. The molecule has 2 aromatic carbocycles. The summed E-state index contributed by atoms with van der Waals surface area (Å²) >= 11 is 3.16. The van der Waals surface area contributed by atoms with Crippen LogP contribution < -0.4 is 16.0 Å². The zero-order valence-electron chi connectivity index (χ0n) is 15.2. The maximum Gasteiger partial charge on any atom is 0.273 e. The Balaban J connectivity index is 0.00000300. The molecule has 9 heteroatoms. The lowest BCUT2D eigenvalue weighted by molar-refractivity contribution is 0.296. The Morgan fingerprint density at radius 1 is 1.07 bits per heavy atom. The molecular formula is C20H17BrClF3N2O2. The smallest absolute Gasteiger partial charge is 0.273 e. The Morgan fingerprint density at radius 2 is 1.79 bits per heavy atom. The number of rotatable bonds is 5. The molecular weight excluding hydrogens is 473 g/mol. The topological polar surface area (TPSA) is 57.2 Å². The van der Waals surface area contributed by atoms with Crippen LogP contribution >= 0.6 is 28.3 Å². The summed E-state index contributed by atoms with van der Waals surface area (Å²) < 4.78 is 48.0. The third kappa shape index (κ3) is 4.83. The first-order chi connectivity index (χ1) is 13.3. The van der Waals surface area contributed by atoms with Crippen molar-refractivity contribution in [2.24, 2.45) is 5.73 Å². The third-order valence-electron chi connectivity index (χ3n) is 4.19. The summed E-state index contributed by atoms with van der Waals surface area (Å²) in [4.78, 5) is 12.8. The van der Waals surface area contributed by atoms with Gasteiger partial charge in [0.05, 0.1) is 5.69 Å². The Morgan fingerprint density at radius 3 is 2.41 bits per heavy atom. The number of ether oxygens (including phenoxy) is 1. The van der Waals surface area contributed by atoms with Gasteiger partial charge in [0.2, 0.25) is 0 Å². The second-order valence-electron chi connectivity index (χ2n) is 6.12.